The van der Waals surface area contributed by atoms with Crippen LogP contribution in [0.3, 0.4) is 0 Å². The van der Waals surface area contributed by atoms with Crippen LogP contribution in [0, 0.1) is 0 Å². The predicted octanol–water partition coefficient (Wildman–Crippen LogP) is 2.26. The molecule has 0 aromatic heterocycles. The van der Waals surface area contributed by atoms with E-state index in [0.29, 0.717) is 6.54 Å². The summed E-state index contributed by atoms with van der Waals surface area (Å²) in [6, 6.07) is 8.05. The second-order valence-electron chi connectivity index (χ2n) is 4.68. The summed E-state index contributed by atoms with van der Waals surface area (Å²) in [4.78, 5) is 7.06. The van der Waals surface area contributed by atoms with E-state index >= 15 is 0 Å². The molecule has 0 saturated carbocycles. The Morgan fingerprint density at radius 2 is 2.05 bits per heavy atom. The highest BCUT2D eigenvalue weighted by atomic mass is 16.5. The van der Waals surface area contributed by atoms with Crippen molar-refractivity contribution in [2.75, 3.05) is 26.7 Å². The molecule has 104 valence electrons. The molecule has 1 aliphatic heterocycles. The summed E-state index contributed by atoms with van der Waals surface area (Å²) >= 11 is 0. The van der Waals surface area contributed by atoms with Gasteiger partial charge in [0.25, 0.3) is 0 Å². The number of rotatable bonds is 4. The van der Waals surface area contributed by atoms with E-state index in [1.54, 1.807) is 7.11 Å². The number of guanidine groups is 1. The third kappa shape index (κ3) is 3.63. The average Bonchev–Trinajstić information content (AvgIpc) is 2.97. The molecule has 1 saturated heterocycles. The largest absolute Gasteiger partial charge is 0.496 e. The Labute approximate surface area is 115 Å². The molecule has 0 amide bonds. The number of ether oxygens (including phenoxy) is 1. The lowest BCUT2D eigenvalue weighted by Gasteiger charge is -2.20. The molecule has 0 bridgehead atoms. The molecule has 1 aromatic carbocycles. The molecule has 1 fully saturated rings. The SMILES string of the molecule is CCNC(=NCc1ccccc1OC)N1CCCC1. The Kier molecular flexibility index (Phi) is 5.07. The normalized spacial score (nSPS) is 15.7. The van der Waals surface area contributed by atoms with E-state index in [2.05, 4.69) is 23.2 Å². The molecular weight excluding hydrogens is 238 g/mol. The average molecular weight is 261 g/mol. The van der Waals surface area contributed by atoms with Gasteiger partial charge in [0, 0.05) is 25.2 Å². The van der Waals surface area contributed by atoms with Gasteiger partial charge in [-0.25, -0.2) is 4.99 Å². The van der Waals surface area contributed by atoms with Gasteiger partial charge >= 0.3 is 0 Å². The Morgan fingerprint density at radius 1 is 1.32 bits per heavy atom. The number of benzene rings is 1. The first-order chi connectivity index (χ1) is 9.35. The lowest BCUT2D eigenvalue weighted by molar-refractivity contribution is 0.409. The zero-order valence-electron chi connectivity index (χ0n) is 11.9. The van der Waals surface area contributed by atoms with E-state index in [1.165, 1.54) is 12.8 Å². The number of likely N-dealkylation sites (tertiary alicyclic amines) is 1. The number of nitrogens with zero attached hydrogens (tertiary/aromatic N) is 2. The van der Waals surface area contributed by atoms with Gasteiger partial charge in [-0.3, -0.25) is 0 Å². The van der Waals surface area contributed by atoms with Crippen molar-refractivity contribution in [1.82, 2.24) is 10.2 Å². The minimum absolute atomic E-state index is 0.656. The first kappa shape index (κ1) is 13.7. The molecule has 0 aliphatic carbocycles. The summed E-state index contributed by atoms with van der Waals surface area (Å²) in [6.07, 6.45) is 2.53. The van der Waals surface area contributed by atoms with Crippen LogP contribution in [-0.4, -0.2) is 37.6 Å². The molecular formula is C15H23N3O. The van der Waals surface area contributed by atoms with Crippen LogP contribution in [-0.2, 0) is 6.54 Å². The van der Waals surface area contributed by atoms with Gasteiger partial charge in [0.15, 0.2) is 5.96 Å². The van der Waals surface area contributed by atoms with Crippen molar-refractivity contribution in [3.63, 3.8) is 0 Å². The molecule has 2 rings (SSSR count). The molecule has 1 aromatic rings. The number of para-hydroxylation sites is 1. The highest BCUT2D eigenvalue weighted by Crippen LogP contribution is 2.18. The van der Waals surface area contributed by atoms with E-state index in [9.17, 15) is 0 Å². The van der Waals surface area contributed by atoms with Crippen LogP contribution in [0.25, 0.3) is 0 Å². The zero-order valence-corrected chi connectivity index (χ0v) is 11.9. The number of hydrogen-bond acceptors (Lipinski definition) is 2. The summed E-state index contributed by atoms with van der Waals surface area (Å²) in [6.45, 7) is 5.88. The van der Waals surface area contributed by atoms with Crippen LogP contribution in [0.15, 0.2) is 29.3 Å². The minimum Gasteiger partial charge on any atom is -0.496 e. The molecule has 19 heavy (non-hydrogen) atoms. The quantitative estimate of drug-likeness (QED) is 0.667. The van der Waals surface area contributed by atoms with Crippen molar-refractivity contribution in [3.8, 4) is 5.75 Å². The van der Waals surface area contributed by atoms with Gasteiger partial charge in [-0.15, -0.1) is 0 Å². The van der Waals surface area contributed by atoms with Crippen molar-refractivity contribution in [2.24, 2.45) is 4.99 Å². The molecule has 0 atom stereocenters. The fourth-order valence-electron chi connectivity index (χ4n) is 2.35. The number of aliphatic imine (C=N–C) groups is 1. The van der Waals surface area contributed by atoms with E-state index in [-0.39, 0.29) is 0 Å². The van der Waals surface area contributed by atoms with Crippen LogP contribution in [0.5, 0.6) is 5.75 Å². The van der Waals surface area contributed by atoms with Gasteiger partial charge in [-0.1, -0.05) is 18.2 Å². The molecule has 1 heterocycles. The van der Waals surface area contributed by atoms with Gasteiger partial charge in [0.05, 0.1) is 13.7 Å². The van der Waals surface area contributed by atoms with Gasteiger partial charge in [0.2, 0.25) is 0 Å². The van der Waals surface area contributed by atoms with Crippen LogP contribution in [0.1, 0.15) is 25.3 Å². The van der Waals surface area contributed by atoms with E-state index in [0.717, 1.165) is 36.9 Å². The summed E-state index contributed by atoms with van der Waals surface area (Å²) < 4.78 is 5.36. The maximum atomic E-state index is 5.36. The second-order valence-corrected chi connectivity index (χ2v) is 4.68. The third-order valence-corrected chi connectivity index (χ3v) is 3.33. The molecule has 1 aliphatic rings. The lowest BCUT2D eigenvalue weighted by atomic mass is 10.2. The summed E-state index contributed by atoms with van der Waals surface area (Å²) in [5, 5.41) is 3.37. The maximum absolute atomic E-state index is 5.36. The highest BCUT2D eigenvalue weighted by molar-refractivity contribution is 5.80. The summed E-state index contributed by atoms with van der Waals surface area (Å²) in [5.41, 5.74) is 1.12. The monoisotopic (exact) mass is 261 g/mol. The minimum atomic E-state index is 0.656. The third-order valence-electron chi connectivity index (χ3n) is 3.33. The standard InChI is InChI=1S/C15H23N3O/c1-3-16-15(18-10-6-7-11-18)17-12-13-8-4-5-9-14(13)19-2/h4-5,8-9H,3,6-7,10-12H2,1-2H3,(H,16,17). The van der Waals surface area contributed by atoms with Crippen LogP contribution in [0.4, 0.5) is 0 Å². The fraction of sp³-hybridized carbons (Fsp3) is 0.533. The Balaban J connectivity index is 2.08. The highest BCUT2D eigenvalue weighted by Gasteiger charge is 2.15. The smallest absolute Gasteiger partial charge is 0.194 e. The molecule has 1 N–H and O–H groups in total. The number of hydrogen-bond donors (Lipinski definition) is 1. The number of nitrogens with one attached hydrogen (secondary N) is 1. The second kappa shape index (κ2) is 7.02. The van der Waals surface area contributed by atoms with Gasteiger partial charge in [-0.2, -0.15) is 0 Å². The van der Waals surface area contributed by atoms with Crippen LogP contribution >= 0.6 is 0 Å². The van der Waals surface area contributed by atoms with Gasteiger partial charge in [0.1, 0.15) is 5.75 Å². The van der Waals surface area contributed by atoms with Crippen LogP contribution in [0.2, 0.25) is 0 Å². The van der Waals surface area contributed by atoms with Crippen molar-refractivity contribution in [2.45, 2.75) is 26.3 Å². The van der Waals surface area contributed by atoms with E-state index in [1.807, 2.05) is 18.2 Å². The molecule has 0 unspecified atom stereocenters. The molecule has 0 radical (unpaired) electrons. The fourth-order valence-corrected chi connectivity index (χ4v) is 2.35. The summed E-state index contributed by atoms with van der Waals surface area (Å²) in [5.74, 6) is 1.93. The van der Waals surface area contributed by atoms with Gasteiger partial charge < -0.3 is 15.0 Å². The Hall–Kier alpha value is -1.71. The molecule has 4 nitrogen and oxygen atoms in total. The van der Waals surface area contributed by atoms with E-state index < -0.39 is 0 Å². The maximum Gasteiger partial charge on any atom is 0.194 e. The molecule has 4 heteroatoms. The zero-order chi connectivity index (χ0) is 13.5. The lowest BCUT2D eigenvalue weighted by Crippen LogP contribution is -2.39. The van der Waals surface area contributed by atoms with Crippen molar-refractivity contribution >= 4 is 5.96 Å². The summed E-state index contributed by atoms with van der Waals surface area (Å²) in [7, 11) is 1.70. The Morgan fingerprint density at radius 3 is 2.74 bits per heavy atom. The first-order valence-electron chi connectivity index (χ1n) is 7.00. The van der Waals surface area contributed by atoms with E-state index in [4.69, 9.17) is 9.73 Å². The first-order valence-corrected chi connectivity index (χ1v) is 7.00. The van der Waals surface area contributed by atoms with Crippen molar-refractivity contribution < 1.29 is 4.74 Å². The number of methoxy groups -OCH3 is 1. The predicted molar refractivity (Wildman–Crippen MR) is 78.6 cm³/mol. The topological polar surface area (TPSA) is 36.9 Å². The van der Waals surface area contributed by atoms with Crippen molar-refractivity contribution in [3.05, 3.63) is 29.8 Å². The molecule has 0 spiro atoms. The van der Waals surface area contributed by atoms with Crippen molar-refractivity contribution in [1.29, 1.82) is 0 Å². The van der Waals surface area contributed by atoms with Crippen LogP contribution < -0.4 is 10.1 Å². The van der Waals surface area contributed by atoms with Gasteiger partial charge in [-0.05, 0) is 25.8 Å². The Bertz CT molecular complexity index is 425.